The van der Waals surface area contributed by atoms with E-state index in [0.29, 0.717) is 0 Å². The second-order valence-corrected chi connectivity index (χ2v) is 8.35. The zero-order chi connectivity index (χ0) is 25.2. The molecule has 0 saturated carbocycles. The largest absolute Gasteiger partial charge is 0.476 e. The summed E-state index contributed by atoms with van der Waals surface area (Å²) in [6, 6.07) is -2.48. The lowest BCUT2D eigenvalue weighted by Crippen LogP contribution is -2.64. The van der Waals surface area contributed by atoms with Crippen LogP contribution in [0.4, 0.5) is 4.79 Å². The third-order valence-corrected chi connectivity index (χ3v) is 5.01. The van der Waals surface area contributed by atoms with Crippen LogP contribution >= 0.6 is 7.60 Å². The van der Waals surface area contributed by atoms with Gasteiger partial charge >= 0.3 is 13.7 Å². The van der Waals surface area contributed by atoms with Gasteiger partial charge in [-0.2, -0.15) is 0 Å². The van der Waals surface area contributed by atoms with E-state index >= 15 is 0 Å². The summed E-state index contributed by atoms with van der Waals surface area (Å²) in [5, 5.41) is 42.9. The highest BCUT2D eigenvalue weighted by Crippen LogP contribution is 2.48. The Morgan fingerprint density at radius 1 is 1.30 bits per heavy atom. The molecular weight excluding hydrogens is 469 g/mol. The number of nitrogens with two attached hydrogens (primary N) is 1. The summed E-state index contributed by atoms with van der Waals surface area (Å²) in [6.45, 7) is -0.0232. The summed E-state index contributed by atoms with van der Waals surface area (Å²) in [6.07, 6.45) is -5.36. The average molecular weight is 499 g/mol. The van der Waals surface area contributed by atoms with Gasteiger partial charge in [0, 0.05) is 13.5 Å². The van der Waals surface area contributed by atoms with Gasteiger partial charge in [0.2, 0.25) is 11.4 Å². The number of hydrogen-bond donors (Lipinski definition) is 10. The molecule has 0 fully saturated rings. The fourth-order valence-electron chi connectivity index (χ4n) is 2.89. The highest BCUT2D eigenvalue weighted by Gasteiger charge is 2.47. The van der Waals surface area contributed by atoms with Gasteiger partial charge in [0.25, 0.3) is 0 Å². The third-order valence-electron chi connectivity index (χ3n) is 4.18. The standard InChI is InChI=1S/C16H30N5O11P/c1-8(24)20-12-9(21-15(17)18)6-11(33(27,28)29)31-14(12)13(10(25)7-23)32-16(26)19-2-4-30-5-3-22/h6,9-10,12-14,22-23,25H,2-5,7H2,1H3,(H,19,26)(H,20,24)(H4,17,18,21)(H2,27,28,29)/t9-,10+,12+,13+,14+/m0/s1. The Morgan fingerprint density at radius 3 is 2.48 bits per heavy atom. The van der Waals surface area contributed by atoms with E-state index in [9.17, 15) is 34.2 Å². The zero-order valence-electron chi connectivity index (χ0n) is 17.7. The number of carbonyl (C=O) groups is 2. The molecule has 0 saturated heterocycles. The molecule has 17 heteroatoms. The maximum Gasteiger partial charge on any atom is 0.407 e. The molecule has 11 N–H and O–H groups in total. The lowest BCUT2D eigenvalue weighted by molar-refractivity contribution is -0.126. The van der Waals surface area contributed by atoms with Crippen molar-refractivity contribution in [3.63, 3.8) is 0 Å². The number of rotatable bonds is 12. The van der Waals surface area contributed by atoms with Crippen LogP contribution in [0.1, 0.15) is 6.92 Å². The van der Waals surface area contributed by atoms with Crippen LogP contribution in [0.5, 0.6) is 0 Å². The van der Waals surface area contributed by atoms with E-state index in [0.717, 1.165) is 13.0 Å². The van der Waals surface area contributed by atoms with E-state index in [4.69, 9.17) is 30.5 Å². The van der Waals surface area contributed by atoms with Crippen molar-refractivity contribution < 1.29 is 53.5 Å². The highest BCUT2D eigenvalue weighted by atomic mass is 31.2. The van der Waals surface area contributed by atoms with Crippen molar-refractivity contribution in [3.8, 4) is 0 Å². The molecule has 1 heterocycles. The molecular formula is C16H30N5O11P. The van der Waals surface area contributed by atoms with Crippen LogP contribution in [0.25, 0.3) is 0 Å². The number of amides is 2. The number of hydrogen-bond acceptors (Lipinski definition) is 10. The summed E-state index contributed by atoms with van der Waals surface area (Å²) in [5.41, 5.74) is 4.45. The predicted molar refractivity (Wildman–Crippen MR) is 111 cm³/mol. The Hall–Kier alpha value is -2.46. The van der Waals surface area contributed by atoms with Crippen LogP contribution in [-0.2, 0) is 23.6 Å². The van der Waals surface area contributed by atoms with Gasteiger partial charge in [0.1, 0.15) is 6.10 Å². The number of aliphatic hydroxyl groups excluding tert-OH is 3. The van der Waals surface area contributed by atoms with Crippen molar-refractivity contribution in [2.24, 2.45) is 5.73 Å². The summed E-state index contributed by atoms with van der Waals surface area (Å²) in [4.78, 5) is 43.1. The monoisotopic (exact) mass is 499 g/mol. The van der Waals surface area contributed by atoms with Crippen molar-refractivity contribution in [1.29, 1.82) is 5.41 Å². The van der Waals surface area contributed by atoms with Crippen LogP contribution in [0, 0.1) is 5.41 Å². The van der Waals surface area contributed by atoms with Crippen molar-refractivity contribution in [2.45, 2.75) is 37.3 Å². The molecule has 0 aromatic heterocycles. The Bertz CT molecular complexity index is 761. The predicted octanol–water partition coefficient (Wildman–Crippen LogP) is -3.78. The molecule has 0 aromatic carbocycles. The summed E-state index contributed by atoms with van der Waals surface area (Å²) in [5.74, 6) is -1.24. The Labute approximate surface area is 188 Å². The number of ether oxygens (including phenoxy) is 3. The summed E-state index contributed by atoms with van der Waals surface area (Å²) < 4.78 is 27.3. The van der Waals surface area contributed by atoms with Crippen molar-refractivity contribution >= 4 is 25.6 Å². The van der Waals surface area contributed by atoms with Gasteiger partial charge in [-0.25, -0.2) is 4.79 Å². The lowest BCUT2D eigenvalue weighted by Gasteiger charge is -2.41. The number of carbonyl (C=O) groups excluding carboxylic acids is 2. The van der Waals surface area contributed by atoms with Crippen LogP contribution in [0.2, 0.25) is 0 Å². The number of nitrogens with one attached hydrogen (secondary N) is 4. The van der Waals surface area contributed by atoms with E-state index in [2.05, 4.69) is 16.0 Å². The smallest absolute Gasteiger partial charge is 0.407 e. The van der Waals surface area contributed by atoms with Gasteiger partial charge in [-0.3, -0.25) is 14.8 Å². The average Bonchev–Trinajstić information content (AvgIpc) is 2.71. The molecule has 190 valence electrons. The number of alkyl carbamates (subject to hydrolysis) is 1. The minimum Gasteiger partial charge on any atom is -0.476 e. The van der Waals surface area contributed by atoms with Crippen molar-refractivity contribution in [3.05, 3.63) is 11.6 Å². The van der Waals surface area contributed by atoms with Gasteiger partial charge in [-0.15, -0.1) is 0 Å². The third kappa shape index (κ3) is 9.51. The molecule has 0 aromatic rings. The quantitative estimate of drug-likeness (QED) is 0.0535. The topological polar surface area (TPSA) is 266 Å². The highest BCUT2D eigenvalue weighted by molar-refractivity contribution is 7.56. The van der Waals surface area contributed by atoms with Crippen molar-refractivity contribution in [1.82, 2.24) is 16.0 Å². The van der Waals surface area contributed by atoms with Gasteiger partial charge in [0.05, 0.1) is 38.5 Å². The molecule has 1 aliphatic rings. The molecule has 0 bridgehead atoms. The van der Waals surface area contributed by atoms with E-state index < -0.39 is 68.1 Å². The molecule has 0 radical (unpaired) electrons. The first kappa shape index (κ1) is 28.6. The van der Waals surface area contributed by atoms with Gasteiger partial charge in [-0.05, 0) is 6.08 Å². The molecule has 1 rings (SSSR count). The van der Waals surface area contributed by atoms with E-state index in [-0.39, 0.29) is 26.4 Å². The van der Waals surface area contributed by atoms with Gasteiger partial charge < -0.3 is 61.0 Å². The molecule has 2 amide bonds. The molecule has 33 heavy (non-hydrogen) atoms. The normalized spacial score (nSPS) is 22.2. The van der Waals surface area contributed by atoms with Crippen LogP contribution < -0.4 is 21.7 Å². The first-order chi connectivity index (χ1) is 15.4. The Morgan fingerprint density at radius 2 is 1.97 bits per heavy atom. The number of guanidine groups is 1. The fraction of sp³-hybridized carbons (Fsp3) is 0.688. The second-order valence-electron chi connectivity index (χ2n) is 6.82. The SMILES string of the molecule is CC(=O)N[C@H]1[C@H]([C@H](OC(=O)NCCOCCO)[C@H](O)CO)OC(P(=O)(O)O)=C[C@@H]1NC(=N)N. The minimum absolute atomic E-state index is 0.0209. The molecule has 1 aliphatic heterocycles. The van der Waals surface area contributed by atoms with Gasteiger partial charge in [0.15, 0.2) is 18.2 Å². The molecule has 0 spiro atoms. The fourth-order valence-corrected chi connectivity index (χ4v) is 3.51. The van der Waals surface area contributed by atoms with E-state index in [1.165, 1.54) is 0 Å². The summed E-state index contributed by atoms with van der Waals surface area (Å²) in [7, 11) is -5.02. The van der Waals surface area contributed by atoms with Crippen LogP contribution in [-0.4, -0.2) is 106 Å². The Kier molecular flexibility index (Phi) is 11.5. The van der Waals surface area contributed by atoms with Crippen molar-refractivity contribution in [2.75, 3.05) is 33.0 Å². The second kappa shape index (κ2) is 13.3. The molecule has 0 unspecified atom stereocenters. The summed E-state index contributed by atoms with van der Waals surface area (Å²) >= 11 is 0. The maximum atomic E-state index is 12.2. The molecule has 0 aliphatic carbocycles. The van der Waals surface area contributed by atoms with E-state index in [1.807, 2.05) is 0 Å². The molecule has 16 nitrogen and oxygen atoms in total. The zero-order valence-corrected chi connectivity index (χ0v) is 18.6. The van der Waals surface area contributed by atoms with E-state index in [1.54, 1.807) is 0 Å². The number of aliphatic hydroxyl groups is 3. The first-order valence-electron chi connectivity index (χ1n) is 9.65. The molecule has 5 atom stereocenters. The Balaban J connectivity index is 3.23. The van der Waals surface area contributed by atoms with Crippen LogP contribution in [0.15, 0.2) is 11.6 Å². The van der Waals surface area contributed by atoms with Crippen LogP contribution in [0.3, 0.4) is 0 Å². The minimum atomic E-state index is -5.02. The van der Waals surface area contributed by atoms with Gasteiger partial charge in [-0.1, -0.05) is 0 Å². The lowest BCUT2D eigenvalue weighted by atomic mass is 9.93. The first-order valence-corrected chi connectivity index (χ1v) is 11.3. The maximum absolute atomic E-state index is 12.2.